The van der Waals surface area contributed by atoms with Gasteiger partial charge in [0, 0.05) is 0 Å². The molecule has 1 rings (SSSR count). The lowest BCUT2D eigenvalue weighted by Crippen LogP contribution is -2.61. The topological polar surface area (TPSA) is 212 Å². The summed E-state index contributed by atoms with van der Waals surface area (Å²) in [5.41, 5.74) is 0. The van der Waals surface area contributed by atoms with Gasteiger partial charge in [0.15, 0.2) is 6.29 Å². The molecule has 0 aromatic rings. The first kappa shape index (κ1) is 47.6. The van der Waals surface area contributed by atoms with Gasteiger partial charge in [0.25, 0.3) is 0 Å². The first-order valence-electron chi connectivity index (χ1n) is 19.3. The van der Waals surface area contributed by atoms with E-state index in [2.05, 4.69) is 35.5 Å². The maximum absolute atomic E-state index is 12.9. The van der Waals surface area contributed by atoms with Gasteiger partial charge in [0.1, 0.15) is 30.5 Å². The molecule has 300 valence electrons. The van der Waals surface area contributed by atoms with E-state index in [4.69, 9.17) is 14.0 Å². The standard InChI is InChI=1S/C37H69NO12S/c1-3-5-7-9-11-13-14-15-16-17-18-20-21-23-25-30(40)29(38-36(44)31(41)26-24-22-19-12-10-8-6-4-2)28-48-37-34(43)35(50-51(45,46)47)33(42)32(27-39)49-37/h17-18,23,25,29-35,37,39-43H,3-16,19-22,24,26-28H2,1-2H3,(H,38,44)(H,45,46,47)/b18-17+,25-23+. The van der Waals surface area contributed by atoms with Crippen LogP contribution in [0.2, 0.25) is 0 Å². The molecule has 1 aliphatic rings. The van der Waals surface area contributed by atoms with Crippen LogP contribution < -0.4 is 5.32 Å². The van der Waals surface area contributed by atoms with Gasteiger partial charge in [-0.15, -0.1) is 0 Å². The van der Waals surface area contributed by atoms with E-state index in [1.807, 2.05) is 0 Å². The number of unbranched alkanes of at least 4 members (excludes halogenated alkanes) is 16. The van der Waals surface area contributed by atoms with Crippen LogP contribution in [0.15, 0.2) is 24.3 Å². The Morgan fingerprint density at radius 2 is 1.31 bits per heavy atom. The second-order valence-corrected chi connectivity index (χ2v) is 14.7. The Balaban J connectivity index is 2.74. The Labute approximate surface area is 306 Å². The molecule has 0 aliphatic carbocycles. The molecule has 8 unspecified atom stereocenters. The van der Waals surface area contributed by atoms with E-state index in [1.54, 1.807) is 6.08 Å². The molecule has 1 fully saturated rings. The minimum absolute atomic E-state index is 0.237. The molecular formula is C37H69NO12S. The molecule has 0 saturated carbocycles. The molecule has 1 heterocycles. The lowest BCUT2D eigenvalue weighted by atomic mass is 9.99. The van der Waals surface area contributed by atoms with E-state index in [1.165, 1.54) is 76.7 Å². The fourth-order valence-corrected chi connectivity index (χ4v) is 6.45. The lowest BCUT2D eigenvalue weighted by Gasteiger charge is -2.41. The molecule has 0 radical (unpaired) electrons. The molecule has 13 nitrogen and oxygen atoms in total. The highest BCUT2D eigenvalue weighted by Crippen LogP contribution is 2.26. The summed E-state index contributed by atoms with van der Waals surface area (Å²) in [6.07, 6.45) is 17.3. The third-order valence-electron chi connectivity index (χ3n) is 9.09. The average molecular weight is 752 g/mol. The van der Waals surface area contributed by atoms with Crippen molar-refractivity contribution in [3.05, 3.63) is 24.3 Å². The first-order valence-corrected chi connectivity index (χ1v) is 20.7. The Hall–Kier alpha value is -1.46. The number of aliphatic hydroxyl groups excluding tert-OH is 5. The van der Waals surface area contributed by atoms with Gasteiger partial charge in [-0.25, -0.2) is 4.18 Å². The van der Waals surface area contributed by atoms with Crippen molar-refractivity contribution in [3.63, 3.8) is 0 Å². The smallest absolute Gasteiger partial charge is 0.394 e. The van der Waals surface area contributed by atoms with Crippen LogP contribution >= 0.6 is 0 Å². The van der Waals surface area contributed by atoms with Crippen molar-refractivity contribution in [1.82, 2.24) is 5.32 Å². The number of carbonyl (C=O) groups excluding carboxylic acids is 1. The summed E-state index contributed by atoms with van der Waals surface area (Å²) in [6, 6.07) is -1.13. The number of aliphatic hydroxyl groups is 5. The summed E-state index contributed by atoms with van der Waals surface area (Å²) in [6.45, 7) is 3.11. The maximum atomic E-state index is 12.9. The van der Waals surface area contributed by atoms with Crippen LogP contribution in [0.1, 0.15) is 142 Å². The number of ether oxygens (including phenoxy) is 2. The summed E-state index contributed by atoms with van der Waals surface area (Å²) < 4.78 is 47.2. The molecular weight excluding hydrogens is 682 g/mol. The highest BCUT2D eigenvalue weighted by atomic mass is 32.3. The second-order valence-electron chi connectivity index (χ2n) is 13.7. The number of nitrogens with one attached hydrogen (secondary N) is 1. The highest BCUT2D eigenvalue weighted by molar-refractivity contribution is 7.80. The predicted octanol–water partition coefficient (Wildman–Crippen LogP) is 4.79. The average Bonchev–Trinajstić information content (AvgIpc) is 3.09. The highest BCUT2D eigenvalue weighted by Gasteiger charge is 2.48. The number of rotatable bonds is 31. The number of hydrogen-bond donors (Lipinski definition) is 7. The van der Waals surface area contributed by atoms with E-state index in [9.17, 15) is 38.7 Å². The van der Waals surface area contributed by atoms with Crippen molar-refractivity contribution in [3.8, 4) is 0 Å². The summed E-state index contributed by atoms with van der Waals surface area (Å²) >= 11 is 0. The molecule has 8 atom stereocenters. The van der Waals surface area contributed by atoms with Gasteiger partial charge in [-0.2, -0.15) is 8.42 Å². The number of hydrogen-bond acceptors (Lipinski definition) is 11. The monoisotopic (exact) mass is 751 g/mol. The van der Waals surface area contributed by atoms with Crippen molar-refractivity contribution < 1.29 is 57.0 Å². The van der Waals surface area contributed by atoms with E-state index >= 15 is 0 Å². The maximum Gasteiger partial charge on any atom is 0.397 e. The van der Waals surface area contributed by atoms with Crippen LogP contribution in [0.3, 0.4) is 0 Å². The molecule has 0 spiro atoms. The van der Waals surface area contributed by atoms with Gasteiger partial charge < -0.3 is 40.3 Å². The summed E-state index contributed by atoms with van der Waals surface area (Å²) in [4.78, 5) is 12.9. The zero-order chi connectivity index (χ0) is 37.9. The second kappa shape index (κ2) is 29.0. The Morgan fingerprint density at radius 1 is 0.784 bits per heavy atom. The fourth-order valence-electron chi connectivity index (χ4n) is 5.94. The van der Waals surface area contributed by atoms with E-state index in [0.29, 0.717) is 12.8 Å². The zero-order valence-corrected chi connectivity index (χ0v) is 31.8. The molecule has 1 amide bonds. The molecule has 14 heteroatoms. The summed E-state index contributed by atoms with van der Waals surface area (Å²) in [7, 11) is -5.11. The van der Waals surface area contributed by atoms with Crippen LogP contribution in [0.4, 0.5) is 0 Å². The van der Waals surface area contributed by atoms with Gasteiger partial charge in [0.2, 0.25) is 5.91 Å². The largest absolute Gasteiger partial charge is 0.397 e. The first-order chi connectivity index (χ1) is 24.4. The van der Waals surface area contributed by atoms with E-state index in [-0.39, 0.29) is 6.42 Å². The van der Waals surface area contributed by atoms with E-state index < -0.39 is 78.5 Å². The zero-order valence-electron chi connectivity index (χ0n) is 31.0. The van der Waals surface area contributed by atoms with Crippen LogP contribution in [0.25, 0.3) is 0 Å². The van der Waals surface area contributed by atoms with Crippen LogP contribution in [-0.4, -0.2) is 107 Å². The minimum atomic E-state index is -5.11. The van der Waals surface area contributed by atoms with Crippen molar-refractivity contribution in [2.45, 2.75) is 191 Å². The van der Waals surface area contributed by atoms with Gasteiger partial charge in [0.05, 0.1) is 25.4 Å². The molecule has 0 aromatic heterocycles. The van der Waals surface area contributed by atoms with Gasteiger partial charge in [-0.3, -0.25) is 9.35 Å². The molecule has 1 saturated heterocycles. The van der Waals surface area contributed by atoms with Gasteiger partial charge in [-0.05, 0) is 32.1 Å². The number of carbonyl (C=O) groups is 1. The number of allylic oxidation sites excluding steroid dienone is 3. The Bertz CT molecular complexity index is 1040. The van der Waals surface area contributed by atoms with Crippen LogP contribution in [0, 0.1) is 0 Å². The summed E-state index contributed by atoms with van der Waals surface area (Å²) in [5, 5.41) is 54.7. The third kappa shape index (κ3) is 22.4. The molecule has 1 aliphatic heterocycles. The number of amides is 1. The molecule has 0 aromatic carbocycles. The lowest BCUT2D eigenvalue weighted by molar-refractivity contribution is -0.298. The third-order valence-corrected chi connectivity index (χ3v) is 9.56. The van der Waals surface area contributed by atoms with E-state index in [0.717, 1.165) is 38.5 Å². The van der Waals surface area contributed by atoms with Crippen LogP contribution in [0.5, 0.6) is 0 Å². The molecule has 0 bridgehead atoms. The normalized spacial score (nSPS) is 23.2. The fraction of sp³-hybridized carbons (Fsp3) is 0.865. The van der Waals surface area contributed by atoms with Crippen LogP contribution in [-0.2, 0) is 28.9 Å². The predicted molar refractivity (Wildman–Crippen MR) is 196 cm³/mol. The van der Waals surface area contributed by atoms with Gasteiger partial charge in [-0.1, -0.05) is 134 Å². The van der Waals surface area contributed by atoms with Crippen molar-refractivity contribution in [1.29, 1.82) is 0 Å². The summed E-state index contributed by atoms with van der Waals surface area (Å²) in [5.74, 6) is -0.718. The van der Waals surface area contributed by atoms with Crippen molar-refractivity contribution in [2.75, 3.05) is 13.2 Å². The molecule has 51 heavy (non-hydrogen) atoms. The quantitative estimate of drug-likeness (QED) is 0.0290. The Morgan fingerprint density at radius 3 is 1.88 bits per heavy atom. The minimum Gasteiger partial charge on any atom is -0.394 e. The molecule has 7 N–H and O–H groups in total. The van der Waals surface area contributed by atoms with Crippen molar-refractivity contribution >= 4 is 16.3 Å². The Kier molecular flexibility index (Phi) is 27.0. The SMILES string of the molecule is CCCCCCCCCC/C=C/CC/C=C/C(O)C(COC1OC(CO)C(O)C(OS(=O)(=O)O)C1O)NC(=O)C(O)CCCCCCCCCC. The van der Waals surface area contributed by atoms with Gasteiger partial charge >= 0.3 is 10.4 Å². The van der Waals surface area contributed by atoms with Crippen molar-refractivity contribution in [2.24, 2.45) is 0 Å².